The average Bonchev–Trinajstić information content (AvgIpc) is 2.69. The number of anilines is 1. The molecule has 2 aliphatic heterocycles. The molecule has 0 aromatic heterocycles. The molecule has 0 bridgehead atoms. The molecule has 0 radical (unpaired) electrons. The van der Waals surface area contributed by atoms with E-state index < -0.39 is 0 Å². The fourth-order valence-corrected chi connectivity index (χ4v) is 4.15. The normalized spacial score (nSPS) is 15.2. The number of aryl methyl sites for hydroxylation is 3. The summed E-state index contributed by atoms with van der Waals surface area (Å²) in [4.78, 5) is 7.08. The van der Waals surface area contributed by atoms with E-state index in [1.807, 2.05) is 0 Å². The van der Waals surface area contributed by atoms with E-state index in [1.54, 1.807) is 14.2 Å². The SMILES string of the molecule is COc1cc2c(cc1OC)C1=CC(Nc3c(C)cc(C)cc3C)=NCN1CC2. The van der Waals surface area contributed by atoms with Gasteiger partial charge >= 0.3 is 0 Å². The number of aliphatic imine (C=N–C) groups is 1. The number of fused-ring (bicyclic) bond motifs is 3. The summed E-state index contributed by atoms with van der Waals surface area (Å²) in [6.45, 7) is 8.01. The first-order chi connectivity index (χ1) is 13.5. The molecule has 2 heterocycles. The highest BCUT2D eigenvalue weighted by atomic mass is 16.5. The first-order valence-corrected chi connectivity index (χ1v) is 9.61. The highest BCUT2D eigenvalue weighted by Crippen LogP contribution is 2.38. The fourth-order valence-electron chi connectivity index (χ4n) is 4.15. The van der Waals surface area contributed by atoms with Gasteiger partial charge in [0.15, 0.2) is 11.5 Å². The zero-order valence-electron chi connectivity index (χ0n) is 17.2. The summed E-state index contributed by atoms with van der Waals surface area (Å²) in [5, 5.41) is 3.55. The van der Waals surface area contributed by atoms with Gasteiger partial charge in [0.05, 0.1) is 14.2 Å². The van der Waals surface area contributed by atoms with Crippen molar-refractivity contribution in [3.05, 3.63) is 58.2 Å². The van der Waals surface area contributed by atoms with Gasteiger partial charge in [0.2, 0.25) is 0 Å². The maximum Gasteiger partial charge on any atom is 0.161 e. The second-order valence-electron chi connectivity index (χ2n) is 7.49. The van der Waals surface area contributed by atoms with Crippen LogP contribution >= 0.6 is 0 Å². The summed E-state index contributed by atoms with van der Waals surface area (Å²) in [6.07, 6.45) is 3.12. The number of hydrogen-bond acceptors (Lipinski definition) is 5. The van der Waals surface area contributed by atoms with Crippen molar-refractivity contribution in [2.45, 2.75) is 27.2 Å². The number of rotatable bonds is 3. The van der Waals surface area contributed by atoms with Gasteiger partial charge in [-0.25, -0.2) is 4.99 Å². The molecule has 0 saturated heterocycles. The van der Waals surface area contributed by atoms with Crippen molar-refractivity contribution in [1.29, 1.82) is 0 Å². The number of benzene rings is 2. The summed E-state index contributed by atoms with van der Waals surface area (Å²) < 4.78 is 11.0. The molecule has 0 unspecified atom stereocenters. The molecule has 0 amide bonds. The molecule has 2 aliphatic rings. The zero-order chi connectivity index (χ0) is 19.8. The minimum absolute atomic E-state index is 0.659. The Morgan fingerprint density at radius 1 is 0.964 bits per heavy atom. The van der Waals surface area contributed by atoms with Gasteiger partial charge in [0.1, 0.15) is 12.5 Å². The lowest BCUT2D eigenvalue weighted by Crippen LogP contribution is -2.34. The molecule has 0 atom stereocenters. The van der Waals surface area contributed by atoms with Crippen LogP contribution in [0.3, 0.4) is 0 Å². The molecule has 0 aliphatic carbocycles. The van der Waals surface area contributed by atoms with E-state index in [0.29, 0.717) is 6.67 Å². The van der Waals surface area contributed by atoms with Gasteiger partial charge in [-0.1, -0.05) is 17.7 Å². The molecule has 0 fully saturated rings. The van der Waals surface area contributed by atoms with Gasteiger partial charge in [-0.05, 0) is 56.0 Å². The number of hydrogen-bond donors (Lipinski definition) is 1. The Morgan fingerprint density at radius 3 is 2.32 bits per heavy atom. The van der Waals surface area contributed by atoms with E-state index in [0.717, 1.165) is 36.0 Å². The van der Waals surface area contributed by atoms with Crippen LogP contribution in [-0.4, -0.2) is 38.2 Å². The third-order valence-electron chi connectivity index (χ3n) is 5.49. The summed E-state index contributed by atoms with van der Waals surface area (Å²) in [5.74, 6) is 2.43. The van der Waals surface area contributed by atoms with Gasteiger partial charge in [0.25, 0.3) is 0 Å². The Labute approximate surface area is 166 Å². The monoisotopic (exact) mass is 377 g/mol. The van der Waals surface area contributed by atoms with Crippen LogP contribution < -0.4 is 14.8 Å². The van der Waals surface area contributed by atoms with Gasteiger partial charge in [-0.15, -0.1) is 0 Å². The molecule has 4 rings (SSSR count). The molecule has 5 heteroatoms. The molecule has 28 heavy (non-hydrogen) atoms. The van der Waals surface area contributed by atoms with Crippen LogP contribution in [-0.2, 0) is 6.42 Å². The van der Waals surface area contributed by atoms with Gasteiger partial charge in [0, 0.05) is 29.6 Å². The van der Waals surface area contributed by atoms with Crippen molar-refractivity contribution in [2.24, 2.45) is 4.99 Å². The van der Waals surface area contributed by atoms with E-state index in [-0.39, 0.29) is 0 Å². The Bertz CT molecular complexity index is 969. The van der Waals surface area contributed by atoms with Crippen LogP contribution in [0.15, 0.2) is 35.3 Å². The zero-order valence-corrected chi connectivity index (χ0v) is 17.2. The van der Waals surface area contributed by atoms with Crippen LogP contribution in [0.1, 0.15) is 27.8 Å². The lowest BCUT2D eigenvalue weighted by Gasteiger charge is -2.35. The molecule has 5 nitrogen and oxygen atoms in total. The first kappa shape index (κ1) is 18.4. The minimum Gasteiger partial charge on any atom is -0.493 e. The Hall–Kier alpha value is -2.95. The van der Waals surface area contributed by atoms with E-state index >= 15 is 0 Å². The molecule has 1 N–H and O–H groups in total. The maximum absolute atomic E-state index is 5.53. The van der Waals surface area contributed by atoms with Crippen LogP contribution in [0.25, 0.3) is 5.70 Å². The van der Waals surface area contributed by atoms with Crippen molar-refractivity contribution >= 4 is 17.2 Å². The second-order valence-corrected chi connectivity index (χ2v) is 7.49. The lowest BCUT2D eigenvalue weighted by atomic mass is 9.95. The van der Waals surface area contributed by atoms with Crippen LogP contribution in [0.5, 0.6) is 11.5 Å². The summed E-state index contributed by atoms with van der Waals surface area (Å²) >= 11 is 0. The molecule has 146 valence electrons. The van der Waals surface area contributed by atoms with Crippen LogP contribution in [0.2, 0.25) is 0 Å². The summed E-state index contributed by atoms with van der Waals surface area (Å²) in [6, 6.07) is 8.58. The van der Waals surface area contributed by atoms with E-state index in [2.05, 4.69) is 61.3 Å². The highest BCUT2D eigenvalue weighted by Gasteiger charge is 2.26. The number of ether oxygens (including phenoxy) is 2. The van der Waals surface area contributed by atoms with Gasteiger partial charge in [-0.2, -0.15) is 0 Å². The third kappa shape index (κ3) is 3.21. The number of nitrogens with zero attached hydrogens (tertiary/aromatic N) is 2. The predicted molar refractivity (Wildman–Crippen MR) is 115 cm³/mol. The standard InChI is InChI=1S/C23H27N3O2/c1-14-8-15(2)23(16(3)9-14)25-22-12-19-18-11-21(28-5)20(27-4)10-17(18)6-7-26(19)13-24-22/h8-12H,6-7,13H2,1-5H3,(H,24,25). The molecule has 0 spiro atoms. The number of nitrogens with one attached hydrogen (secondary N) is 1. The maximum atomic E-state index is 5.53. The Balaban J connectivity index is 1.71. The Kier molecular flexibility index (Phi) is 4.75. The molecule has 0 saturated carbocycles. The first-order valence-electron chi connectivity index (χ1n) is 9.61. The number of methoxy groups -OCH3 is 2. The highest BCUT2D eigenvalue weighted by molar-refractivity contribution is 6.09. The van der Waals surface area contributed by atoms with E-state index in [9.17, 15) is 0 Å². The lowest BCUT2D eigenvalue weighted by molar-refractivity contribution is 0.351. The molecular weight excluding hydrogens is 350 g/mol. The smallest absolute Gasteiger partial charge is 0.161 e. The van der Waals surface area contributed by atoms with E-state index in [4.69, 9.17) is 14.5 Å². The van der Waals surface area contributed by atoms with Crippen LogP contribution in [0.4, 0.5) is 5.69 Å². The van der Waals surface area contributed by atoms with E-state index in [1.165, 1.54) is 33.5 Å². The van der Waals surface area contributed by atoms with Crippen molar-refractivity contribution in [3.63, 3.8) is 0 Å². The number of amidine groups is 1. The quantitative estimate of drug-likeness (QED) is 0.866. The molecule has 2 aromatic rings. The molecular formula is C23H27N3O2. The minimum atomic E-state index is 0.659. The van der Waals surface area contributed by atoms with Gasteiger partial charge in [-0.3, -0.25) is 0 Å². The second kappa shape index (κ2) is 7.23. The largest absolute Gasteiger partial charge is 0.493 e. The van der Waals surface area contributed by atoms with Crippen molar-refractivity contribution in [3.8, 4) is 11.5 Å². The van der Waals surface area contributed by atoms with Crippen molar-refractivity contribution in [2.75, 3.05) is 32.7 Å². The third-order valence-corrected chi connectivity index (χ3v) is 5.49. The van der Waals surface area contributed by atoms with Crippen molar-refractivity contribution < 1.29 is 9.47 Å². The summed E-state index contributed by atoms with van der Waals surface area (Å²) in [5.41, 5.74) is 8.53. The van der Waals surface area contributed by atoms with Crippen LogP contribution in [0, 0.1) is 20.8 Å². The summed E-state index contributed by atoms with van der Waals surface area (Å²) in [7, 11) is 3.36. The molecule has 2 aromatic carbocycles. The van der Waals surface area contributed by atoms with Gasteiger partial charge < -0.3 is 19.7 Å². The van der Waals surface area contributed by atoms with Crippen molar-refractivity contribution in [1.82, 2.24) is 4.90 Å². The predicted octanol–water partition coefficient (Wildman–Crippen LogP) is 4.31. The fraction of sp³-hybridized carbons (Fsp3) is 0.348. The average molecular weight is 377 g/mol. The Morgan fingerprint density at radius 2 is 1.64 bits per heavy atom. The topological polar surface area (TPSA) is 46.1 Å².